The minimum Gasteiger partial charge on any atom is -0.484 e. The predicted molar refractivity (Wildman–Crippen MR) is 129 cm³/mol. The van der Waals surface area contributed by atoms with Gasteiger partial charge >= 0.3 is 5.97 Å². The number of methoxy groups -OCH3 is 1. The molecule has 1 aromatic heterocycles. The summed E-state index contributed by atoms with van der Waals surface area (Å²) >= 11 is 0. The minimum atomic E-state index is -0.415. The molecule has 0 saturated heterocycles. The molecule has 4 rings (SSSR count). The van der Waals surface area contributed by atoms with Crippen molar-refractivity contribution in [2.45, 2.75) is 13.8 Å². The van der Waals surface area contributed by atoms with Crippen LogP contribution in [0.2, 0.25) is 0 Å². The average Bonchev–Trinajstić information content (AvgIpc) is 3.15. The van der Waals surface area contributed by atoms with Crippen LogP contribution < -0.4 is 9.64 Å². The summed E-state index contributed by atoms with van der Waals surface area (Å²) in [6, 6.07) is 24.8. The summed E-state index contributed by atoms with van der Waals surface area (Å²) in [6.45, 7) is 4.24. The van der Waals surface area contributed by atoms with E-state index in [0.717, 1.165) is 22.6 Å². The van der Waals surface area contributed by atoms with Crippen LogP contribution in [0, 0.1) is 6.92 Å². The molecule has 33 heavy (non-hydrogen) atoms. The van der Waals surface area contributed by atoms with E-state index in [1.807, 2.05) is 91.2 Å². The van der Waals surface area contributed by atoms with Crippen LogP contribution in [-0.4, -0.2) is 36.7 Å². The van der Waals surface area contributed by atoms with Crippen molar-refractivity contribution < 1.29 is 19.1 Å². The number of ether oxygens (including phenoxy) is 2. The third-order valence-corrected chi connectivity index (χ3v) is 5.63. The molecular formula is C27H26N2O4. The zero-order chi connectivity index (χ0) is 23.4. The van der Waals surface area contributed by atoms with E-state index in [2.05, 4.69) is 0 Å². The lowest BCUT2D eigenvalue weighted by Gasteiger charge is -2.21. The summed E-state index contributed by atoms with van der Waals surface area (Å²) in [5.41, 5.74) is 3.88. The minimum absolute atomic E-state index is 0.111. The number of anilines is 1. The lowest BCUT2D eigenvalue weighted by Crippen LogP contribution is -2.34. The topological polar surface area (TPSA) is 60.8 Å². The first-order chi connectivity index (χ1) is 16.0. The van der Waals surface area contributed by atoms with Gasteiger partial charge in [0.05, 0.1) is 18.2 Å². The van der Waals surface area contributed by atoms with Crippen LogP contribution >= 0.6 is 0 Å². The summed E-state index contributed by atoms with van der Waals surface area (Å²) in [5, 5.41) is 0.712. The summed E-state index contributed by atoms with van der Waals surface area (Å²) in [4.78, 5) is 27.1. The van der Waals surface area contributed by atoms with E-state index in [-0.39, 0.29) is 12.5 Å². The number of para-hydroxylation sites is 2. The molecule has 0 saturated carbocycles. The first-order valence-electron chi connectivity index (χ1n) is 10.8. The first-order valence-corrected chi connectivity index (χ1v) is 10.8. The molecule has 0 atom stereocenters. The first kappa shape index (κ1) is 22.1. The van der Waals surface area contributed by atoms with E-state index < -0.39 is 5.97 Å². The van der Waals surface area contributed by atoms with E-state index in [9.17, 15) is 9.59 Å². The van der Waals surface area contributed by atoms with Crippen LogP contribution in [0.1, 0.15) is 23.0 Å². The number of likely N-dealkylation sites (N-methyl/N-ethyl adjacent to an activating group) is 1. The lowest BCUT2D eigenvalue weighted by molar-refractivity contribution is -0.120. The normalized spacial score (nSPS) is 10.8. The fourth-order valence-electron chi connectivity index (χ4n) is 4.09. The summed E-state index contributed by atoms with van der Waals surface area (Å²) in [5.74, 6) is -0.0491. The maximum Gasteiger partial charge on any atom is 0.340 e. The number of benzene rings is 3. The highest BCUT2D eigenvalue weighted by atomic mass is 16.5. The van der Waals surface area contributed by atoms with Crippen molar-refractivity contribution in [3.05, 3.63) is 90.1 Å². The standard InChI is InChI=1S/C27H26N2O4/c1-4-28(20-11-7-5-8-12-20)25(30)18-33-22-15-16-24-23(17-22)26(27(31)32-3)19(2)29(24)21-13-9-6-10-14-21/h5-17H,4,18H2,1-3H3. The Morgan fingerprint density at radius 1 is 0.939 bits per heavy atom. The van der Waals surface area contributed by atoms with Crippen LogP contribution in [0.25, 0.3) is 16.6 Å². The number of esters is 1. The molecule has 3 aromatic carbocycles. The number of aromatic nitrogens is 1. The van der Waals surface area contributed by atoms with Gasteiger partial charge in [0, 0.05) is 29.0 Å². The molecule has 0 bridgehead atoms. The average molecular weight is 443 g/mol. The van der Waals surface area contributed by atoms with Gasteiger partial charge in [-0.15, -0.1) is 0 Å². The fraction of sp³-hybridized carbons (Fsp3) is 0.185. The Labute approximate surface area is 193 Å². The Morgan fingerprint density at radius 3 is 2.24 bits per heavy atom. The second kappa shape index (κ2) is 9.61. The molecule has 0 aliphatic heterocycles. The predicted octanol–water partition coefficient (Wildman–Crippen LogP) is 5.16. The smallest absolute Gasteiger partial charge is 0.340 e. The zero-order valence-corrected chi connectivity index (χ0v) is 18.9. The molecule has 168 valence electrons. The molecule has 6 nitrogen and oxygen atoms in total. The molecule has 0 aliphatic rings. The highest BCUT2D eigenvalue weighted by Gasteiger charge is 2.22. The Bertz CT molecular complexity index is 1280. The molecule has 6 heteroatoms. The molecule has 0 radical (unpaired) electrons. The molecule has 0 unspecified atom stereocenters. The quantitative estimate of drug-likeness (QED) is 0.371. The molecule has 0 fully saturated rings. The largest absolute Gasteiger partial charge is 0.484 e. The van der Waals surface area contributed by atoms with Gasteiger partial charge in [-0.2, -0.15) is 0 Å². The molecule has 4 aromatic rings. The van der Waals surface area contributed by atoms with Gasteiger partial charge < -0.3 is 18.9 Å². The molecule has 0 N–H and O–H groups in total. The number of hydrogen-bond donors (Lipinski definition) is 0. The maximum absolute atomic E-state index is 12.8. The Morgan fingerprint density at radius 2 is 1.61 bits per heavy atom. The third kappa shape index (κ3) is 4.32. The zero-order valence-electron chi connectivity index (χ0n) is 18.9. The van der Waals surface area contributed by atoms with Crippen molar-refractivity contribution in [2.75, 3.05) is 25.2 Å². The van der Waals surface area contributed by atoms with Crippen LogP contribution in [-0.2, 0) is 9.53 Å². The van der Waals surface area contributed by atoms with Crippen molar-refractivity contribution in [1.29, 1.82) is 0 Å². The van der Waals surface area contributed by atoms with E-state index in [4.69, 9.17) is 9.47 Å². The van der Waals surface area contributed by atoms with Gasteiger partial charge in [-0.25, -0.2) is 4.79 Å². The van der Waals surface area contributed by atoms with Gasteiger partial charge in [0.1, 0.15) is 5.75 Å². The monoisotopic (exact) mass is 442 g/mol. The molecular weight excluding hydrogens is 416 g/mol. The van der Waals surface area contributed by atoms with Gasteiger partial charge in [0.2, 0.25) is 0 Å². The Balaban J connectivity index is 1.66. The number of hydrogen-bond acceptors (Lipinski definition) is 4. The van der Waals surface area contributed by atoms with Crippen LogP contribution in [0.15, 0.2) is 78.9 Å². The van der Waals surface area contributed by atoms with Gasteiger partial charge in [0.25, 0.3) is 5.91 Å². The van der Waals surface area contributed by atoms with Crippen molar-refractivity contribution in [2.24, 2.45) is 0 Å². The summed E-state index contributed by atoms with van der Waals surface area (Å²) in [7, 11) is 1.37. The van der Waals surface area contributed by atoms with Crippen LogP contribution in [0.3, 0.4) is 0 Å². The van der Waals surface area contributed by atoms with Gasteiger partial charge in [-0.3, -0.25) is 4.79 Å². The molecule has 0 aliphatic carbocycles. The molecule has 1 heterocycles. The highest BCUT2D eigenvalue weighted by molar-refractivity contribution is 6.07. The third-order valence-electron chi connectivity index (χ3n) is 5.63. The van der Waals surface area contributed by atoms with Crippen LogP contribution in [0.5, 0.6) is 5.75 Å². The van der Waals surface area contributed by atoms with Crippen molar-refractivity contribution in [1.82, 2.24) is 4.57 Å². The summed E-state index contributed by atoms with van der Waals surface area (Å²) < 4.78 is 12.9. The van der Waals surface area contributed by atoms with Gasteiger partial charge in [0.15, 0.2) is 6.61 Å². The highest BCUT2D eigenvalue weighted by Crippen LogP contribution is 2.32. The van der Waals surface area contributed by atoms with E-state index in [0.29, 0.717) is 23.2 Å². The SMILES string of the molecule is CCN(C(=O)COc1ccc2c(c1)c(C(=O)OC)c(C)n2-c1ccccc1)c1ccccc1. The second-order valence-corrected chi connectivity index (χ2v) is 7.56. The van der Waals surface area contributed by atoms with E-state index in [1.165, 1.54) is 7.11 Å². The number of nitrogens with zero attached hydrogens (tertiary/aromatic N) is 2. The lowest BCUT2D eigenvalue weighted by atomic mass is 10.1. The number of amides is 1. The Kier molecular flexibility index (Phi) is 6.45. The van der Waals surface area contributed by atoms with Crippen molar-refractivity contribution in [3.8, 4) is 11.4 Å². The van der Waals surface area contributed by atoms with Crippen LogP contribution in [0.4, 0.5) is 5.69 Å². The van der Waals surface area contributed by atoms with Gasteiger partial charge in [-0.05, 0) is 56.3 Å². The number of carbonyl (C=O) groups is 2. The Hall–Kier alpha value is -4.06. The van der Waals surface area contributed by atoms with Gasteiger partial charge in [-0.1, -0.05) is 36.4 Å². The number of rotatable bonds is 7. The van der Waals surface area contributed by atoms with Crippen molar-refractivity contribution in [3.63, 3.8) is 0 Å². The fourth-order valence-corrected chi connectivity index (χ4v) is 4.09. The molecule has 1 amide bonds. The van der Waals surface area contributed by atoms with Crippen molar-refractivity contribution >= 4 is 28.5 Å². The summed E-state index contributed by atoms with van der Waals surface area (Å²) in [6.07, 6.45) is 0. The second-order valence-electron chi connectivity index (χ2n) is 7.56. The van der Waals surface area contributed by atoms with E-state index >= 15 is 0 Å². The number of carbonyl (C=O) groups excluding carboxylic acids is 2. The van der Waals surface area contributed by atoms with E-state index in [1.54, 1.807) is 11.0 Å². The molecule has 0 spiro atoms. The maximum atomic E-state index is 12.8. The number of fused-ring (bicyclic) bond motifs is 1.